The number of carbonyl (C=O) groups excluding carboxylic acids is 9. The third kappa shape index (κ3) is 37.6. The van der Waals surface area contributed by atoms with E-state index in [1.54, 1.807) is 0 Å². The molecule has 1 aromatic rings. The molecule has 0 aliphatic heterocycles. The van der Waals surface area contributed by atoms with Gasteiger partial charge in [0.05, 0.1) is 0 Å². The molecule has 0 radical (unpaired) electrons. The number of urea groups is 1. The zero-order valence-electron chi connectivity index (χ0n) is 34.4. The Morgan fingerprint density at radius 1 is 0.526 bits per heavy atom. The van der Waals surface area contributed by atoms with E-state index >= 15 is 0 Å². The Kier molecular flexibility index (Phi) is 33.8. The van der Waals surface area contributed by atoms with E-state index < -0.39 is 36.0 Å². The van der Waals surface area contributed by atoms with Crippen LogP contribution in [0.4, 0.5) is 4.79 Å². The van der Waals surface area contributed by atoms with Crippen molar-refractivity contribution in [2.45, 2.75) is 118 Å². The largest absolute Gasteiger partial charge is 0.369 e. The predicted molar refractivity (Wildman–Crippen MR) is 218 cm³/mol. The second-order valence-electron chi connectivity index (χ2n) is 13.9. The number of rotatable bonds is 26. The number of nitrogens with one attached hydrogen (secondary N) is 2. The third-order valence-electron chi connectivity index (χ3n) is 8.11. The molecule has 0 unspecified atom stereocenters. The van der Waals surface area contributed by atoms with Crippen molar-refractivity contribution in [2.75, 3.05) is 13.1 Å². The van der Waals surface area contributed by atoms with E-state index in [2.05, 4.69) is 10.6 Å². The van der Waals surface area contributed by atoms with Crippen LogP contribution in [0.2, 0.25) is 0 Å². The van der Waals surface area contributed by atoms with Gasteiger partial charge in [0.25, 0.3) is 0 Å². The number of amides is 6. The van der Waals surface area contributed by atoms with Gasteiger partial charge in [-0.2, -0.15) is 0 Å². The van der Waals surface area contributed by atoms with Gasteiger partial charge in [0, 0.05) is 55.9 Å². The van der Waals surface area contributed by atoms with Gasteiger partial charge in [-0.1, -0.05) is 50.1 Å². The average molecular weight is 808 g/mol. The van der Waals surface area contributed by atoms with Crippen molar-refractivity contribution in [3.8, 4) is 0 Å². The summed E-state index contributed by atoms with van der Waals surface area (Å²) in [7, 11) is 0. The molecule has 18 nitrogen and oxygen atoms in total. The summed E-state index contributed by atoms with van der Waals surface area (Å²) >= 11 is 0. The molecular formula is C39H69N9O9. The van der Waals surface area contributed by atoms with E-state index in [0.29, 0.717) is 51.6 Å². The lowest BCUT2D eigenvalue weighted by Gasteiger charge is -2.12. The summed E-state index contributed by atoms with van der Waals surface area (Å²) in [4.78, 5) is 97.4. The molecule has 0 saturated heterocycles. The highest BCUT2D eigenvalue weighted by Crippen LogP contribution is 2.14. The summed E-state index contributed by atoms with van der Waals surface area (Å²) in [6.45, 7) is 8.87. The van der Waals surface area contributed by atoms with E-state index in [1.807, 2.05) is 37.3 Å². The van der Waals surface area contributed by atoms with Gasteiger partial charge >= 0.3 is 6.03 Å². The second-order valence-corrected chi connectivity index (χ2v) is 13.9. The molecule has 0 aliphatic rings. The molecular weight excluding hydrogens is 738 g/mol. The number of benzene rings is 1. The van der Waals surface area contributed by atoms with Gasteiger partial charge in [-0.05, 0) is 78.3 Å². The molecule has 0 saturated carbocycles. The molecule has 18 heteroatoms. The van der Waals surface area contributed by atoms with E-state index in [0.717, 1.165) is 24.8 Å². The minimum Gasteiger partial charge on any atom is -0.369 e. The van der Waals surface area contributed by atoms with E-state index in [9.17, 15) is 43.2 Å². The van der Waals surface area contributed by atoms with E-state index in [-0.39, 0.29) is 66.1 Å². The van der Waals surface area contributed by atoms with Crippen LogP contribution >= 0.6 is 0 Å². The van der Waals surface area contributed by atoms with Crippen LogP contribution in [-0.4, -0.2) is 72.2 Å². The SMILES string of the molecule is CC(=O)C[C@@H](CCCNC(N)=O)C(N)=O.CC(=O)C[C@@H](CCCNC(N)N)C(N)=O.CC(=O)C[C@@H](Cc1ccccc1)C(N)=O.CCCC[C@H](CC(C)=O)C(N)=O. The summed E-state index contributed by atoms with van der Waals surface area (Å²) in [5, 5.41) is 5.21. The van der Waals surface area contributed by atoms with Crippen LogP contribution in [0, 0.1) is 23.7 Å². The highest BCUT2D eigenvalue weighted by atomic mass is 16.2. The topological polar surface area (TPSA) is 360 Å². The predicted octanol–water partition coefficient (Wildman–Crippen LogP) is 0.720. The zero-order valence-corrected chi connectivity index (χ0v) is 34.4. The maximum atomic E-state index is 11.1. The van der Waals surface area contributed by atoms with E-state index in [1.165, 1.54) is 27.7 Å². The fourth-order valence-electron chi connectivity index (χ4n) is 5.22. The molecule has 16 N–H and O–H groups in total. The average Bonchev–Trinajstić information content (AvgIpc) is 3.09. The van der Waals surface area contributed by atoms with Gasteiger partial charge in [-0.15, -0.1) is 0 Å². The number of carbonyl (C=O) groups is 9. The van der Waals surface area contributed by atoms with Gasteiger partial charge in [0.2, 0.25) is 23.6 Å². The molecule has 6 amide bonds. The maximum Gasteiger partial charge on any atom is 0.312 e. The van der Waals surface area contributed by atoms with Gasteiger partial charge in [-0.25, -0.2) is 4.79 Å². The van der Waals surface area contributed by atoms with Gasteiger partial charge < -0.3 is 64.6 Å². The highest BCUT2D eigenvalue weighted by Gasteiger charge is 2.19. The molecule has 0 heterocycles. The summed E-state index contributed by atoms with van der Waals surface area (Å²) in [6.07, 6.45) is 5.96. The van der Waals surface area contributed by atoms with Crippen LogP contribution in [0.3, 0.4) is 0 Å². The number of nitrogens with two attached hydrogens (primary N) is 7. The number of ketones is 4. The molecule has 0 spiro atoms. The fraction of sp³-hybridized carbons (Fsp3) is 0.615. The normalized spacial score (nSPS) is 12.3. The van der Waals surface area contributed by atoms with Crippen LogP contribution in [0.25, 0.3) is 0 Å². The first-order valence-electron chi connectivity index (χ1n) is 19.0. The van der Waals surface area contributed by atoms with Gasteiger partial charge in [0.15, 0.2) is 0 Å². The van der Waals surface area contributed by atoms with Crippen LogP contribution in [0.5, 0.6) is 0 Å². The molecule has 0 fully saturated rings. The summed E-state index contributed by atoms with van der Waals surface area (Å²) in [5.41, 5.74) is 37.1. The molecule has 0 aromatic heterocycles. The van der Waals surface area contributed by atoms with Crippen molar-refractivity contribution in [1.82, 2.24) is 10.6 Å². The highest BCUT2D eigenvalue weighted by molar-refractivity contribution is 5.86. The number of unbranched alkanes of at least 4 members (excludes halogenated alkanes) is 1. The number of Topliss-reactive ketones (excluding diaryl/α,β-unsaturated/α-hetero) is 4. The van der Waals surface area contributed by atoms with Crippen molar-refractivity contribution in [3.63, 3.8) is 0 Å². The number of hydrogen-bond acceptors (Lipinski definition) is 12. The summed E-state index contributed by atoms with van der Waals surface area (Å²) < 4.78 is 0. The Balaban J connectivity index is -0.000000685. The Morgan fingerprint density at radius 2 is 0.877 bits per heavy atom. The molecule has 0 bridgehead atoms. The van der Waals surface area contributed by atoms with Crippen LogP contribution in [-0.2, 0) is 44.8 Å². The van der Waals surface area contributed by atoms with Crippen LogP contribution in [0.15, 0.2) is 30.3 Å². The lowest BCUT2D eigenvalue weighted by atomic mass is 9.94. The summed E-state index contributed by atoms with van der Waals surface area (Å²) in [5.74, 6) is -3.18. The summed E-state index contributed by atoms with van der Waals surface area (Å²) in [6, 6.07) is 8.97. The maximum absolute atomic E-state index is 11.1. The van der Waals surface area contributed by atoms with Crippen LogP contribution in [0.1, 0.15) is 111 Å². The first-order chi connectivity index (χ1) is 26.5. The van der Waals surface area contributed by atoms with Crippen molar-refractivity contribution in [3.05, 3.63) is 35.9 Å². The lowest BCUT2D eigenvalue weighted by Crippen LogP contribution is -2.45. The minimum absolute atomic E-state index is 0.00488. The van der Waals surface area contributed by atoms with Gasteiger partial charge in [0.1, 0.15) is 29.4 Å². The third-order valence-corrected chi connectivity index (χ3v) is 8.11. The molecule has 4 atom stereocenters. The Labute approximate surface area is 336 Å². The van der Waals surface area contributed by atoms with Crippen molar-refractivity contribution in [2.24, 2.45) is 63.8 Å². The standard InChI is InChI=1S/C12H15NO2.C9H20N4O2.C9H17N3O3.C9H17NO2/c1-9(14)7-11(12(13)15)8-10-5-3-2-4-6-10;1-6(14)5-7(8(10)15)3-2-4-13-9(11)12;1-6(13)5-7(8(10)14)3-2-4-12-9(11)15;1-3-4-5-8(9(10)12)6-7(2)11/h2-6,11H,7-8H2,1H3,(H2,13,15);7,9,13H,2-5,11-12H2,1H3,(H2,10,15);7H,2-5H2,1H3,(H2,10,14)(H3,11,12,15);8H,3-6H2,1-2H3,(H2,10,12)/t11-;2*7-;8-/m0111/s1. The van der Waals surface area contributed by atoms with Crippen molar-refractivity contribution in [1.29, 1.82) is 0 Å². The first-order valence-corrected chi connectivity index (χ1v) is 19.0. The van der Waals surface area contributed by atoms with Crippen molar-refractivity contribution < 1.29 is 43.2 Å². The van der Waals surface area contributed by atoms with Crippen molar-refractivity contribution >= 4 is 52.8 Å². The molecule has 57 heavy (non-hydrogen) atoms. The first kappa shape index (κ1) is 56.3. The lowest BCUT2D eigenvalue weighted by molar-refractivity contribution is -0.126. The van der Waals surface area contributed by atoms with Gasteiger partial charge in [-0.3, -0.25) is 24.5 Å². The number of hydrogen-bond donors (Lipinski definition) is 9. The number of primary amides is 5. The Hall–Kier alpha value is -5.07. The Morgan fingerprint density at radius 3 is 1.19 bits per heavy atom. The fourth-order valence-corrected chi connectivity index (χ4v) is 5.22. The second kappa shape index (κ2) is 34.2. The minimum atomic E-state index is -0.600. The smallest absolute Gasteiger partial charge is 0.312 e. The molecule has 1 aromatic carbocycles. The Bertz CT molecular complexity index is 1390. The molecule has 324 valence electrons. The zero-order chi connectivity index (χ0) is 44.5. The van der Waals surface area contributed by atoms with Crippen LogP contribution < -0.4 is 50.8 Å². The monoisotopic (exact) mass is 808 g/mol. The quantitative estimate of drug-likeness (QED) is 0.0462. The van der Waals surface area contributed by atoms with E-state index in [4.69, 9.17) is 40.1 Å². The molecule has 0 aliphatic carbocycles. The molecule has 1 rings (SSSR count).